The molecule has 3 unspecified atom stereocenters. The lowest BCUT2D eigenvalue weighted by Gasteiger charge is -2.64. The Labute approximate surface area is 204 Å². The van der Waals surface area contributed by atoms with Crippen LogP contribution in [-0.4, -0.2) is 121 Å². The van der Waals surface area contributed by atoms with E-state index in [0.717, 1.165) is 78.7 Å². The van der Waals surface area contributed by atoms with Gasteiger partial charge in [0.2, 0.25) is 5.85 Å². The van der Waals surface area contributed by atoms with Crippen molar-refractivity contribution < 1.29 is 9.47 Å². The Balaban J connectivity index is 1.57. The van der Waals surface area contributed by atoms with Crippen LogP contribution in [0.4, 0.5) is 0 Å². The van der Waals surface area contributed by atoms with Gasteiger partial charge in [-0.05, 0) is 37.8 Å². The second kappa shape index (κ2) is 10.1. The van der Waals surface area contributed by atoms with Gasteiger partial charge in [0.15, 0.2) is 0 Å². The van der Waals surface area contributed by atoms with Gasteiger partial charge in [-0.1, -0.05) is 12.5 Å². The largest absolute Gasteiger partial charge is 0.379 e. The van der Waals surface area contributed by atoms with Crippen LogP contribution < -0.4 is 5.32 Å². The van der Waals surface area contributed by atoms with Crippen LogP contribution in [-0.2, 0) is 9.47 Å². The summed E-state index contributed by atoms with van der Waals surface area (Å²) in [7, 11) is 0. The molecule has 188 valence electrons. The Morgan fingerprint density at radius 1 is 0.765 bits per heavy atom. The fraction of sp³-hybridized carbons (Fsp3) is 0.808. The van der Waals surface area contributed by atoms with E-state index in [1.165, 1.54) is 37.8 Å². The summed E-state index contributed by atoms with van der Waals surface area (Å²) in [4.78, 5) is 16.0. The summed E-state index contributed by atoms with van der Waals surface area (Å²) in [5, 5.41) is 3.60. The van der Waals surface area contributed by atoms with Gasteiger partial charge in [-0.25, -0.2) is 0 Å². The predicted octanol–water partition coefficient (Wildman–Crippen LogP) is 1.36. The second-order valence-electron chi connectivity index (χ2n) is 10.5. The summed E-state index contributed by atoms with van der Waals surface area (Å²) in [6.07, 6.45) is 8.33. The van der Waals surface area contributed by atoms with Gasteiger partial charge < -0.3 is 14.8 Å². The van der Waals surface area contributed by atoms with E-state index in [9.17, 15) is 0 Å². The molecule has 6 rings (SSSR count). The van der Waals surface area contributed by atoms with Crippen molar-refractivity contribution in [3.63, 3.8) is 0 Å². The molecule has 0 amide bonds. The van der Waals surface area contributed by atoms with Crippen molar-refractivity contribution in [2.45, 2.75) is 49.5 Å². The maximum Gasteiger partial charge on any atom is 0.213 e. The molecule has 8 heteroatoms. The molecule has 34 heavy (non-hydrogen) atoms. The molecule has 0 aromatic carbocycles. The first kappa shape index (κ1) is 23.3. The first-order valence-electron chi connectivity index (χ1n) is 13.7. The van der Waals surface area contributed by atoms with Gasteiger partial charge in [-0.3, -0.25) is 24.6 Å². The topological polar surface area (TPSA) is 56.3 Å². The smallest absolute Gasteiger partial charge is 0.213 e. The molecule has 0 aliphatic carbocycles. The van der Waals surface area contributed by atoms with Gasteiger partial charge in [0.1, 0.15) is 5.66 Å². The minimum absolute atomic E-state index is 0.195. The highest BCUT2D eigenvalue weighted by molar-refractivity contribution is 5.26. The third kappa shape index (κ3) is 3.65. The van der Waals surface area contributed by atoms with Crippen LogP contribution in [0, 0.1) is 0 Å². The Morgan fingerprint density at radius 3 is 2.12 bits per heavy atom. The first-order valence-corrected chi connectivity index (χ1v) is 13.7. The molecular weight excluding hydrogens is 428 g/mol. The van der Waals surface area contributed by atoms with Crippen molar-refractivity contribution in [3.05, 3.63) is 30.1 Å². The van der Waals surface area contributed by atoms with Crippen molar-refractivity contribution in [2.75, 3.05) is 85.3 Å². The highest BCUT2D eigenvalue weighted by Crippen LogP contribution is 2.55. The quantitative estimate of drug-likeness (QED) is 0.693. The fourth-order valence-electron chi connectivity index (χ4n) is 7.55. The molecule has 8 nitrogen and oxygen atoms in total. The monoisotopic (exact) mass is 470 g/mol. The molecule has 5 saturated heterocycles. The number of nitrogens with zero attached hydrogens (tertiary/aromatic N) is 5. The minimum Gasteiger partial charge on any atom is -0.379 e. The van der Waals surface area contributed by atoms with E-state index >= 15 is 0 Å². The highest BCUT2D eigenvalue weighted by atomic mass is 16.6. The molecule has 0 bridgehead atoms. The molecule has 0 spiro atoms. The van der Waals surface area contributed by atoms with Gasteiger partial charge in [-0.15, -0.1) is 0 Å². The molecule has 6 heterocycles. The third-order valence-electron chi connectivity index (χ3n) is 8.87. The fourth-order valence-corrected chi connectivity index (χ4v) is 7.55. The number of rotatable bonds is 5. The van der Waals surface area contributed by atoms with Crippen LogP contribution in [0.25, 0.3) is 0 Å². The molecule has 0 radical (unpaired) electrons. The van der Waals surface area contributed by atoms with Crippen molar-refractivity contribution in [1.29, 1.82) is 0 Å². The lowest BCUT2D eigenvalue weighted by Crippen LogP contribution is -2.83. The second-order valence-corrected chi connectivity index (χ2v) is 10.5. The normalized spacial score (nSPS) is 37.4. The lowest BCUT2D eigenvalue weighted by atomic mass is 9.80. The number of pyridine rings is 1. The molecule has 3 atom stereocenters. The van der Waals surface area contributed by atoms with Gasteiger partial charge in [0.05, 0.1) is 25.7 Å². The van der Waals surface area contributed by atoms with Crippen molar-refractivity contribution in [3.8, 4) is 0 Å². The van der Waals surface area contributed by atoms with Crippen LogP contribution in [0.2, 0.25) is 0 Å². The molecule has 5 fully saturated rings. The van der Waals surface area contributed by atoms with Crippen LogP contribution >= 0.6 is 0 Å². The zero-order valence-electron chi connectivity index (χ0n) is 20.7. The Bertz CT molecular complexity index is 770. The van der Waals surface area contributed by atoms with E-state index in [1.807, 2.05) is 12.3 Å². The Hall–Kier alpha value is -1.13. The maximum absolute atomic E-state index is 7.31. The number of piperidine rings is 1. The van der Waals surface area contributed by atoms with Crippen LogP contribution in [0.3, 0.4) is 0 Å². The molecule has 1 aromatic heterocycles. The molecule has 1 aromatic rings. The third-order valence-corrected chi connectivity index (χ3v) is 8.87. The lowest BCUT2D eigenvalue weighted by molar-refractivity contribution is -0.314. The summed E-state index contributed by atoms with van der Waals surface area (Å²) < 4.78 is 13.2. The van der Waals surface area contributed by atoms with Gasteiger partial charge in [-0.2, -0.15) is 0 Å². The summed E-state index contributed by atoms with van der Waals surface area (Å²) in [6.45, 7) is 12.8. The predicted molar refractivity (Wildman–Crippen MR) is 131 cm³/mol. The van der Waals surface area contributed by atoms with E-state index in [4.69, 9.17) is 14.5 Å². The summed E-state index contributed by atoms with van der Waals surface area (Å²) in [5.41, 5.74) is 0.892. The molecule has 5 aliphatic rings. The van der Waals surface area contributed by atoms with Gasteiger partial charge in [0, 0.05) is 77.3 Å². The number of hydrogen-bond donors (Lipinski definition) is 1. The van der Waals surface area contributed by atoms with E-state index in [0.29, 0.717) is 6.61 Å². The zero-order valence-corrected chi connectivity index (χ0v) is 20.7. The number of piperazine rings is 1. The highest BCUT2D eigenvalue weighted by Gasteiger charge is 2.72. The van der Waals surface area contributed by atoms with Crippen LogP contribution in [0.5, 0.6) is 0 Å². The van der Waals surface area contributed by atoms with Crippen molar-refractivity contribution in [2.24, 2.45) is 0 Å². The Morgan fingerprint density at radius 2 is 1.41 bits per heavy atom. The molecule has 0 saturated carbocycles. The summed E-state index contributed by atoms with van der Waals surface area (Å²) in [5.74, 6) is -0.275. The number of morpholine rings is 1. The Kier molecular flexibility index (Phi) is 6.91. The summed E-state index contributed by atoms with van der Waals surface area (Å²) >= 11 is 0. The van der Waals surface area contributed by atoms with Gasteiger partial charge in [0.25, 0.3) is 0 Å². The average Bonchev–Trinajstić information content (AvgIpc) is 3.58. The number of nitrogens with one attached hydrogen (secondary N) is 1. The van der Waals surface area contributed by atoms with Crippen molar-refractivity contribution in [1.82, 2.24) is 29.9 Å². The molecule has 5 aliphatic heterocycles. The van der Waals surface area contributed by atoms with E-state index in [1.54, 1.807) is 0 Å². The maximum atomic E-state index is 7.31. The zero-order chi connectivity index (χ0) is 22.8. The van der Waals surface area contributed by atoms with Crippen LogP contribution in [0.1, 0.15) is 43.7 Å². The van der Waals surface area contributed by atoms with E-state index in [2.05, 4.69) is 37.0 Å². The van der Waals surface area contributed by atoms with Crippen LogP contribution in [0.15, 0.2) is 24.4 Å². The number of likely N-dealkylation sites (tertiary alicyclic amines) is 2. The van der Waals surface area contributed by atoms with Gasteiger partial charge >= 0.3 is 0 Å². The van der Waals surface area contributed by atoms with Crippen molar-refractivity contribution >= 4 is 0 Å². The SMILES string of the molecule is c1ccc(C2COC(N3CCCC3)(N3CCNCC3)C2(N2CCCCC2)N2CCOCC2)nc1. The number of ether oxygens (including phenoxy) is 2. The first-order chi connectivity index (χ1) is 16.9. The molecular formula is C26H42N6O2. The average molecular weight is 471 g/mol. The van der Waals surface area contributed by atoms with E-state index < -0.39 is 5.85 Å². The number of aromatic nitrogens is 1. The standard InChI is InChI=1S/C26H42N6O2/c1-4-12-29(13-5-1)25(30-18-20-33-21-19-30)23(24-8-2-3-9-28-24)22-34-26(25,31-14-6-7-15-31)32-16-10-27-11-17-32/h2-3,8-9,23,27H,1,4-7,10-22H2. The van der Waals surface area contributed by atoms with E-state index in [-0.39, 0.29) is 11.6 Å². The summed E-state index contributed by atoms with van der Waals surface area (Å²) in [6, 6.07) is 6.44. The minimum atomic E-state index is -0.470. The molecule has 1 N–H and O–H groups in total. The number of hydrogen-bond acceptors (Lipinski definition) is 8.